The topological polar surface area (TPSA) is 81.5 Å². The van der Waals surface area contributed by atoms with Crippen molar-refractivity contribution in [3.8, 4) is 11.8 Å². The molecule has 0 saturated carbocycles. The van der Waals surface area contributed by atoms with E-state index in [1.807, 2.05) is 13.0 Å². The zero-order chi connectivity index (χ0) is 17.6. The fraction of sp³-hybridized carbons (Fsp3) is 0.471. The monoisotopic (exact) mass is 318 g/mol. The van der Waals surface area contributed by atoms with Crippen LogP contribution in [0, 0.1) is 35.8 Å². The summed E-state index contributed by atoms with van der Waals surface area (Å²) in [7, 11) is 0. The first-order valence-corrected chi connectivity index (χ1v) is 7.31. The number of nitrogens with zero attached hydrogens (tertiary/aromatic N) is 1. The molecular weight excluding hydrogens is 296 g/mol. The largest absolute Gasteiger partial charge is 0.444 e. The van der Waals surface area contributed by atoms with Gasteiger partial charge in [-0.3, -0.25) is 10.1 Å². The molecular formula is C17H22N2O4. The molecule has 0 radical (unpaired) electrons. The lowest BCUT2D eigenvalue weighted by Gasteiger charge is -2.19. The van der Waals surface area contributed by atoms with E-state index in [0.717, 1.165) is 11.1 Å². The third-order valence-electron chi connectivity index (χ3n) is 2.79. The molecule has 0 spiro atoms. The molecule has 0 saturated heterocycles. The normalized spacial score (nSPS) is 10.5. The summed E-state index contributed by atoms with van der Waals surface area (Å²) in [6, 6.07) is 3.37. The highest BCUT2D eigenvalue weighted by atomic mass is 16.6. The van der Waals surface area contributed by atoms with E-state index in [0.29, 0.717) is 18.5 Å². The summed E-state index contributed by atoms with van der Waals surface area (Å²) in [6.45, 7) is 9.27. The van der Waals surface area contributed by atoms with Crippen molar-refractivity contribution in [1.29, 1.82) is 0 Å². The lowest BCUT2D eigenvalue weighted by molar-refractivity contribution is -0.385. The van der Waals surface area contributed by atoms with Crippen molar-refractivity contribution in [2.45, 2.75) is 46.6 Å². The smallest absolute Gasteiger partial charge is 0.407 e. The van der Waals surface area contributed by atoms with Gasteiger partial charge in [0.15, 0.2) is 0 Å². The third kappa shape index (κ3) is 6.39. The van der Waals surface area contributed by atoms with Crippen LogP contribution in [0.1, 0.15) is 43.9 Å². The van der Waals surface area contributed by atoms with Crippen LogP contribution in [0.25, 0.3) is 0 Å². The Balaban J connectivity index is 2.68. The van der Waals surface area contributed by atoms with Gasteiger partial charge in [-0.25, -0.2) is 4.79 Å². The fourth-order valence-electron chi connectivity index (χ4n) is 1.94. The predicted molar refractivity (Wildman–Crippen MR) is 88.3 cm³/mol. The van der Waals surface area contributed by atoms with E-state index in [-0.39, 0.29) is 5.69 Å². The Morgan fingerprint density at radius 1 is 1.35 bits per heavy atom. The number of aryl methyl sites for hydroxylation is 2. The number of nitrogens with one attached hydrogen (secondary N) is 1. The van der Waals surface area contributed by atoms with Gasteiger partial charge in [-0.05, 0) is 45.7 Å². The van der Waals surface area contributed by atoms with E-state index in [4.69, 9.17) is 4.74 Å². The van der Waals surface area contributed by atoms with Crippen molar-refractivity contribution in [3.05, 3.63) is 38.9 Å². The molecule has 124 valence electrons. The van der Waals surface area contributed by atoms with Gasteiger partial charge in [0, 0.05) is 19.0 Å². The Labute approximate surface area is 136 Å². The lowest BCUT2D eigenvalue weighted by atomic mass is 10.0. The van der Waals surface area contributed by atoms with E-state index in [1.54, 1.807) is 27.7 Å². The number of benzene rings is 1. The maximum absolute atomic E-state index is 11.5. The summed E-state index contributed by atoms with van der Waals surface area (Å²) in [5.41, 5.74) is 1.47. The van der Waals surface area contributed by atoms with E-state index in [2.05, 4.69) is 17.2 Å². The first kappa shape index (κ1) is 18.5. The van der Waals surface area contributed by atoms with Crippen molar-refractivity contribution in [3.63, 3.8) is 0 Å². The first-order valence-electron chi connectivity index (χ1n) is 7.31. The second kappa shape index (κ2) is 7.63. The van der Waals surface area contributed by atoms with Gasteiger partial charge in [-0.1, -0.05) is 17.9 Å². The van der Waals surface area contributed by atoms with Gasteiger partial charge >= 0.3 is 6.09 Å². The molecule has 0 atom stereocenters. The number of hydrogen-bond acceptors (Lipinski definition) is 4. The molecule has 0 aliphatic rings. The summed E-state index contributed by atoms with van der Waals surface area (Å²) in [5, 5.41) is 13.7. The number of carbonyl (C=O) groups is 1. The van der Waals surface area contributed by atoms with E-state index in [1.165, 1.54) is 6.07 Å². The van der Waals surface area contributed by atoms with Crippen LogP contribution in [-0.4, -0.2) is 23.2 Å². The molecule has 1 amide bonds. The molecule has 1 N–H and O–H groups in total. The van der Waals surface area contributed by atoms with Gasteiger partial charge in [0.2, 0.25) is 0 Å². The maximum atomic E-state index is 11.5. The molecule has 0 heterocycles. The minimum absolute atomic E-state index is 0.00935. The number of ether oxygens (including phenoxy) is 1. The second-order valence-corrected chi connectivity index (χ2v) is 6.21. The molecule has 23 heavy (non-hydrogen) atoms. The van der Waals surface area contributed by atoms with Crippen LogP contribution >= 0.6 is 0 Å². The van der Waals surface area contributed by atoms with E-state index < -0.39 is 16.6 Å². The second-order valence-electron chi connectivity index (χ2n) is 6.21. The first-order chi connectivity index (χ1) is 10.6. The Kier molecular flexibility index (Phi) is 6.14. The minimum Gasteiger partial charge on any atom is -0.444 e. The summed E-state index contributed by atoms with van der Waals surface area (Å²) < 4.78 is 5.10. The number of carbonyl (C=O) groups excluding carboxylic acids is 1. The Hall–Kier alpha value is -2.55. The number of nitro groups is 1. The molecule has 0 aliphatic heterocycles. The number of amides is 1. The number of hydrogen-bond donors (Lipinski definition) is 1. The van der Waals surface area contributed by atoms with Crippen LogP contribution < -0.4 is 5.32 Å². The molecule has 0 aromatic heterocycles. The number of rotatable bonds is 3. The zero-order valence-electron chi connectivity index (χ0n) is 14.1. The fourth-order valence-corrected chi connectivity index (χ4v) is 1.94. The Morgan fingerprint density at radius 2 is 2.00 bits per heavy atom. The van der Waals surface area contributed by atoms with Crippen molar-refractivity contribution < 1.29 is 14.5 Å². The lowest BCUT2D eigenvalue weighted by Crippen LogP contribution is -2.32. The van der Waals surface area contributed by atoms with Crippen LogP contribution in [0.3, 0.4) is 0 Å². The average Bonchev–Trinajstić information content (AvgIpc) is 2.37. The Bertz CT molecular complexity index is 664. The molecule has 1 rings (SSSR count). The summed E-state index contributed by atoms with van der Waals surface area (Å²) in [5.74, 6) is 5.68. The quantitative estimate of drug-likeness (QED) is 0.400. The number of nitro benzene ring substituents is 1. The van der Waals surface area contributed by atoms with Crippen molar-refractivity contribution in [2.24, 2.45) is 0 Å². The maximum Gasteiger partial charge on any atom is 0.407 e. The molecule has 6 heteroatoms. The molecule has 1 aromatic carbocycles. The van der Waals surface area contributed by atoms with Gasteiger partial charge in [0.25, 0.3) is 5.69 Å². The predicted octanol–water partition coefficient (Wildman–Crippen LogP) is 3.48. The van der Waals surface area contributed by atoms with Crippen LogP contribution in [0.2, 0.25) is 0 Å². The Morgan fingerprint density at radius 3 is 2.57 bits per heavy atom. The van der Waals surface area contributed by atoms with E-state index >= 15 is 0 Å². The molecule has 0 bridgehead atoms. The van der Waals surface area contributed by atoms with Crippen molar-refractivity contribution >= 4 is 11.8 Å². The average molecular weight is 318 g/mol. The van der Waals surface area contributed by atoms with Gasteiger partial charge in [-0.15, -0.1) is 0 Å². The van der Waals surface area contributed by atoms with Crippen LogP contribution in [-0.2, 0) is 4.74 Å². The van der Waals surface area contributed by atoms with Crippen molar-refractivity contribution in [1.82, 2.24) is 5.32 Å². The standard InChI is InChI=1S/C17H22N2O4/c1-12-10-13(2)14(15(11-12)19(21)22)8-6-7-9-18-16(20)23-17(3,4)5/h10-11H,7,9H2,1-5H3,(H,18,20). The van der Waals surface area contributed by atoms with Gasteiger partial charge in [0.1, 0.15) is 11.2 Å². The SMILES string of the molecule is Cc1cc(C)c(C#CCCNC(=O)OC(C)(C)C)c([N+](=O)[O-])c1. The molecule has 0 unspecified atom stereocenters. The van der Waals surface area contributed by atoms with Crippen LogP contribution in [0.15, 0.2) is 12.1 Å². The zero-order valence-corrected chi connectivity index (χ0v) is 14.1. The highest BCUT2D eigenvalue weighted by molar-refractivity contribution is 5.67. The molecule has 0 aliphatic carbocycles. The van der Waals surface area contributed by atoms with Crippen LogP contribution in [0.4, 0.5) is 10.5 Å². The van der Waals surface area contributed by atoms with Gasteiger partial charge in [-0.2, -0.15) is 0 Å². The molecule has 1 aromatic rings. The van der Waals surface area contributed by atoms with Gasteiger partial charge in [0.05, 0.1) is 4.92 Å². The minimum atomic E-state index is -0.546. The van der Waals surface area contributed by atoms with Gasteiger partial charge < -0.3 is 10.1 Å². The van der Waals surface area contributed by atoms with Crippen LogP contribution in [0.5, 0.6) is 0 Å². The third-order valence-corrected chi connectivity index (χ3v) is 2.79. The molecule has 6 nitrogen and oxygen atoms in total. The summed E-state index contributed by atoms with van der Waals surface area (Å²) in [6.07, 6.45) is -0.124. The highest BCUT2D eigenvalue weighted by Crippen LogP contribution is 2.23. The van der Waals surface area contributed by atoms with E-state index in [9.17, 15) is 14.9 Å². The number of alkyl carbamates (subject to hydrolysis) is 1. The highest BCUT2D eigenvalue weighted by Gasteiger charge is 2.16. The summed E-state index contributed by atoms with van der Waals surface area (Å²) >= 11 is 0. The molecule has 0 fully saturated rings. The van der Waals surface area contributed by atoms with Crippen molar-refractivity contribution in [2.75, 3.05) is 6.54 Å². The summed E-state index contributed by atoms with van der Waals surface area (Å²) in [4.78, 5) is 22.1.